The van der Waals surface area contributed by atoms with E-state index in [1.807, 2.05) is 30.3 Å². The number of nitrogens with one attached hydrogen (secondary N) is 2. The normalized spacial score (nSPS) is 11.5. The predicted molar refractivity (Wildman–Crippen MR) is 100 cm³/mol. The van der Waals surface area contributed by atoms with Crippen LogP contribution in [0.15, 0.2) is 54.6 Å². The fraction of sp³-hybridized carbons (Fsp3) is 0.300. The molecular formula is C20H24N2O4. The van der Waals surface area contributed by atoms with Crippen molar-refractivity contribution in [1.82, 2.24) is 5.32 Å². The Bertz CT molecular complexity index is 719. The van der Waals surface area contributed by atoms with Gasteiger partial charge in [-0.3, -0.25) is 4.79 Å². The second-order valence-corrected chi connectivity index (χ2v) is 5.77. The molecule has 2 aromatic carbocycles. The van der Waals surface area contributed by atoms with Crippen LogP contribution in [-0.2, 0) is 16.0 Å². The van der Waals surface area contributed by atoms with Gasteiger partial charge >= 0.3 is 5.97 Å². The summed E-state index contributed by atoms with van der Waals surface area (Å²) in [5.41, 5.74) is 2.01. The van der Waals surface area contributed by atoms with Crippen LogP contribution in [0.2, 0.25) is 0 Å². The number of hydrogen-bond donors (Lipinski definition) is 3. The number of aliphatic hydroxyl groups excluding tert-OH is 1. The van der Waals surface area contributed by atoms with Crippen LogP contribution in [0.1, 0.15) is 22.8 Å². The Morgan fingerprint density at radius 1 is 1.04 bits per heavy atom. The highest BCUT2D eigenvalue weighted by molar-refractivity contribution is 5.97. The minimum absolute atomic E-state index is 0.0520. The molecule has 138 valence electrons. The molecule has 0 aliphatic heterocycles. The van der Waals surface area contributed by atoms with E-state index in [2.05, 4.69) is 10.6 Å². The van der Waals surface area contributed by atoms with Gasteiger partial charge in [-0.25, -0.2) is 4.79 Å². The molecule has 0 saturated carbocycles. The van der Waals surface area contributed by atoms with Gasteiger partial charge in [-0.1, -0.05) is 42.5 Å². The molecule has 0 spiro atoms. The van der Waals surface area contributed by atoms with Crippen LogP contribution in [0.25, 0.3) is 0 Å². The lowest BCUT2D eigenvalue weighted by Crippen LogP contribution is -2.37. The molecule has 0 radical (unpaired) electrons. The molecular weight excluding hydrogens is 332 g/mol. The molecule has 26 heavy (non-hydrogen) atoms. The standard InChI is InChI=1S/C20H24N2O4/c1-15(19(24)22-12-11-16-7-3-2-4-8-16)26-20(25)17-9-5-6-10-18(17)21-13-14-23/h2-10,15,21,23H,11-14H2,1H3,(H,22,24)/t15-/m1/s1. The number of amides is 1. The maximum atomic E-state index is 12.3. The summed E-state index contributed by atoms with van der Waals surface area (Å²) < 4.78 is 5.27. The lowest BCUT2D eigenvalue weighted by molar-refractivity contribution is -0.129. The topological polar surface area (TPSA) is 87.7 Å². The van der Waals surface area contributed by atoms with Gasteiger partial charge in [0.25, 0.3) is 5.91 Å². The third-order valence-electron chi connectivity index (χ3n) is 3.78. The van der Waals surface area contributed by atoms with Crippen molar-refractivity contribution in [2.75, 3.05) is 25.0 Å². The van der Waals surface area contributed by atoms with E-state index in [4.69, 9.17) is 9.84 Å². The first-order valence-corrected chi connectivity index (χ1v) is 8.58. The van der Waals surface area contributed by atoms with Crippen molar-refractivity contribution in [2.24, 2.45) is 0 Å². The molecule has 0 aliphatic rings. The van der Waals surface area contributed by atoms with Crippen molar-refractivity contribution in [1.29, 1.82) is 0 Å². The fourth-order valence-electron chi connectivity index (χ4n) is 2.40. The van der Waals surface area contributed by atoms with Crippen molar-refractivity contribution in [3.05, 3.63) is 65.7 Å². The Kier molecular flexibility index (Phi) is 7.64. The number of anilines is 1. The molecule has 1 atom stereocenters. The summed E-state index contributed by atoms with van der Waals surface area (Å²) in [5, 5.41) is 14.6. The molecule has 1 amide bonds. The largest absolute Gasteiger partial charge is 0.449 e. The summed E-state index contributed by atoms with van der Waals surface area (Å²) in [6.45, 7) is 2.28. The van der Waals surface area contributed by atoms with Gasteiger partial charge in [0, 0.05) is 18.8 Å². The number of carbonyl (C=O) groups excluding carboxylic acids is 2. The van der Waals surface area contributed by atoms with Crippen molar-refractivity contribution in [2.45, 2.75) is 19.4 Å². The lowest BCUT2D eigenvalue weighted by atomic mass is 10.1. The van der Waals surface area contributed by atoms with Crippen LogP contribution in [0.3, 0.4) is 0 Å². The van der Waals surface area contributed by atoms with E-state index < -0.39 is 12.1 Å². The maximum Gasteiger partial charge on any atom is 0.341 e. The van der Waals surface area contributed by atoms with Gasteiger partial charge in [0.1, 0.15) is 0 Å². The number of hydrogen-bond acceptors (Lipinski definition) is 5. The summed E-state index contributed by atoms with van der Waals surface area (Å²) >= 11 is 0. The quantitative estimate of drug-likeness (QED) is 0.598. The molecule has 6 nitrogen and oxygen atoms in total. The second-order valence-electron chi connectivity index (χ2n) is 5.77. The van der Waals surface area contributed by atoms with Crippen LogP contribution in [0.5, 0.6) is 0 Å². The summed E-state index contributed by atoms with van der Waals surface area (Å²) in [7, 11) is 0. The molecule has 0 fully saturated rings. The SMILES string of the molecule is C[C@@H](OC(=O)c1ccccc1NCCO)C(=O)NCCc1ccccc1. The number of esters is 1. The van der Waals surface area contributed by atoms with Crippen molar-refractivity contribution < 1.29 is 19.4 Å². The van der Waals surface area contributed by atoms with Crippen LogP contribution < -0.4 is 10.6 Å². The van der Waals surface area contributed by atoms with Gasteiger partial charge < -0.3 is 20.5 Å². The summed E-state index contributed by atoms with van der Waals surface area (Å²) in [5.74, 6) is -0.924. The predicted octanol–water partition coefficient (Wildman–Crippen LogP) is 1.99. The van der Waals surface area contributed by atoms with Gasteiger partial charge in [-0.15, -0.1) is 0 Å². The van der Waals surface area contributed by atoms with E-state index in [1.54, 1.807) is 31.2 Å². The zero-order valence-corrected chi connectivity index (χ0v) is 14.8. The first-order chi connectivity index (χ1) is 12.6. The van der Waals surface area contributed by atoms with Gasteiger partial charge in [0.2, 0.25) is 0 Å². The third-order valence-corrected chi connectivity index (χ3v) is 3.78. The Balaban J connectivity index is 1.85. The average Bonchev–Trinajstić information content (AvgIpc) is 2.67. The monoisotopic (exact) mass is 356 g/mol. The van der Waals surface area contributed by atoms with Crippen LogP contribution in [-0.4, -0.2) is 42.8 Å². The molecule has 3 N–H and O–H groups in total. The van der Waals surface area contributed by atoms with E-state index in [0.717, 1.165) is 5.56 Å². The summed E-state index contributed by atoms with van der Waals surface area (Å²) in [6, 6.07) is 16.6. The number of ether oxygens (including phenoxy) is 1. The minimum Gasteiger partial charge on any atom is -0.449 e. The molecule has 0 aromatic heterocycles. The van der Waals surface area contributed by atoms with E-state index in [9.17, 15) is 9.59 Å². The Morgan fingerprint density at radius 3 is 2.46 bits per heavy atom. The van der Waals surface area contributed by atoms with Crippen molar-refractivity contribution >= 4 is 17.6 Å². The third kappa shape index (κ3) is 5.89. The number of aliphatic hydroxyl groups is 1. The van der Waals surface area contributed by atoms with Gasteiger partial charge in [-0.05, 0) is 31.0 Å². The molecule has 0 heterocycles. The lowest BCUT2D eigenvalue weighted by Gasteiger charge is -2.15. The van der Waals surface area contributed by atoms with E-state index in [1.165, 1.54) is 0 Å². The Labute approximate surface area is 153 Å². The minimum atomic E-state index is -0.899. The van der Waals surface area contributed by atoms with Crippen LogP contribution in [0.4, 0.5) is 5.69 Å². The molecule has 2 aromatic rings. The smallest absolute Gasteiger partial charge is 0.341 e. The molecule has 0 unspecified atom stereocenters. The van der Waals surface area contributed by atoms with E-state index in [0.29, 0.717) is 30.8 Å². The first-order valence-electron chi connectivity index (χ1n) is 8.58. The van der Waals surface area contributed by atoms with Crippen molar-refractivity contribution in [3.8, 4) is 0 Å². The average molecular weight is 356 g/mol. The highest BCUT2D eigenvalue weighted by Gasteiger charge is 2.20. The molecule has 0 aliphatic carbocycles. The van der Waals surface area contributed by atoms with Gasteiger partial charge in [0.05, 0.1) is 12.2 Å². The number of para-hydroxylation sites is 1. The second kappa shape index (κ2) is 10.2. The van der Waals surface area contributed by atoms with E-state index in [-0.39, 0.29) is 12.5 Å². The van der Waals surface area contributed by atoms with E-state index >= 15 is 0 Å². The van der Waals surface area contributed by atoms with Crippen molar-refractivity contribution in [3.63, 3.8) is 0 Å². The Hall–Kier alpha value is -2.86. The molecule has 0 saturated heterocycles. The van der Waals surface area contributed by atoms with Crippen LogP contribution >= 0.6 is 0 Å². The number of rotatable bonds is 9. The molecule has 0 bridgehead atoms. The van der Waals surface area contributed by atoms with Gasteiger partial charge in [0.15, 0.2) is 6.10 Å². The molecule has 6 heteroatoms. The fourth-order valence-corrected chi connectivity index (χ4v) is 2.40. The highest BCUT2D eigenvalue weighted by atomic mass is 16.5. The van der Waals surface area contributed by atoms with Gasteiger partial charge in [-0.2, -0.15) is 0 Å². The van der Waals surface area contributed by atoms with Crippen LogP contribution in [0, 0.1) is 0 Å². The number of benzene rings is 2. The zero-order chi connectivity index (χ0) is 18.8. The maximum absolute atomic E-state index is 12.3. The molecule has 2 rings (SSSR count). The zero-order valence-electron chi connectivity index (χ0n) is 14.8. The highest BCUT2D eigenvalue weighted by Crippen LogP contribution is 2.16. The Morgan fingerprint density at radius 2 is 1.73 bits per heavy atom. The first kappa shape index (κ1) is 19.5. The summed E-state index contributed by atoms with van der Waals surface area (Å²) in [4.78, 5) is 24.5. The number of carbonyl (C=O) groups is 2. The summed E-state index contributed by atoms with van der Waals surface area (Å²) in [6.07, 6.45) is -0.189.